The minimum absolute atomic E-state index is 0.0724. The highest BCUT2D eigenvalue weighted by Gasteiger charge is 2.18. The van der Waals surface area contributed by atoms with Gasteiger partial charge in [0.1, 0.15) is 0 Å². The predicted molar refractivity (Wildman–Crippen MR) is 128 cm³/mol. The summed E-state index contributed by atoms with van der Waals surface area (Å²) in [5.41, 5.74) is 0.943. The van der Waals surface area contributed by atoms with Gasteiger partial charge in [0.15, 0.2) is 0 Å². The number of anilines is 2. The smallest absolute Gasteiger partial charge is 0.336 e. The van der Waals surface area contributed by atoms with Gasteiger partial charge < -0.3 is 15.7 Å². The van der Waals surface area contributed by atoms with E-state index >= 15 is 0 Å². The molecule has 2 amide bonds. The van der Waals surface area contributed by atoms with Crippen LogP contribution < -0.4 is 10.6 Å². The van der Waals surface area contributed by atoms with Crippen molar-refractivity contribution in [1.29, 1.82) is 0 Å². The van der Waals surface area contributed by atoms with Gasteiger partial charge in [0.05, 0.1) is 32.1 Å². The number of rotatable bonds is 7. The predicted octanol–water partition coefficient (Wildman–Crippen LogP) is 6.06. The van der Waals surface area contributed by atoms with Gasteiger partial charge >= 0.3 is 5.97 Å². The van der Waals surface area contributed by atoms with Crippen molar-refractivity contribution in [2.75, 3.05) is 10.6 Å². The molecule has 3 rings (SSSR count). The van der Waals surface area contributed by atoms with Crippen LogP contribution in [0.15, 0.2) is 71.6 Å². The van der Waals surface area contributed by atoms with Gasteiger partial charge in [-0.05, 0) is 55.5 Å². The Kier molecular flexibility index (Phi) is 7.80. The average molecular weight is 489 g/mol. The number of benzene rings is 3. The van der Waals surface area contributed by atoms with Gasteiger partial charge in [-0.1, -0.05) is 41.4 Å². The van der Waals surface area contributed by atoms with E-state index in [1.54, 1.807) is 61.5 Å². The van der Waals surface area contributed by atoms with Gasteiger partial charge in [0.25, 0.3) is 5.91 Å². The standard InChI is InChI=1S/C23H18Cl2N2O4S/c1-13(21(28)27-19-8-4-7-18(24)20(19)25)32-15-11-9-14(10-12-15)26-22(29)16-5-2-3-6-17(16)23(30)31/h2-13H,1H3,(H,26,29)(H,27,28)(H,30,31). The molecule has 0 aliphatic carbocycles. The number of halogens is 2. The summed E-state index contributed by atoms with van der Waals surface area (Å²) in [4.78, 5) is 37.1. The summed E-state index contributed by atoms with van der Waals surface area (Å²) in [7, 11) is 0. The molecule has 0 aliphatic rings. The highest BCUT2D eigenvalue weighted by atomic mass is 35.5. The number of aromatic carboxylic acids is 1. The van der Waals surface area contributed by atoms with E-state index < -0.39 is 17.1 Å². The molecule has 1 atom stereocenters. The molecule has 3 aromatic carbocycles. The van der Waals surface area contributed by atoms with E-state index in [0.717, 1.165) is 4.90 Å². The number of thioether (sulfide) groups is 1. The fourth-order valence-corrected chi connectivity index (χ4v) is 3.99. The number of carbonyl (C=O) groups is 3. The molecule has 164 valence electrons. The number of hydrogen-bond donors (Lipinski definition) is 3. The Morgan fingerprint density at radius 1 is 0.875 bits per heavy atom. The molecule has 6 nitrogen and oxygen atoms in total. The molecule has 3 aromatic rings. The van der Waals surface area contributed by atoms with E-state index in [-0.39, 0.29) is 22.1 Å². The number of carboxylic acid groups (broad SMARTS) is 1. The van der Waals surface area contributed by atoms with E-state index in [9.17, 15) is 19.5 Å². The van der Waals surface area contributed by atoms with E-state index in [4.69, 9.17) is 23.2 Å². The van der Waals surface area contributed by atoms with Crippen LogP contribution in [0.1, 0.15) is 27.6 Å². The minimum Gasteiger partial charge on any atom is -0.478 e. The Balaban J connectivity index is 1.62. The number of carboxylic acids is 1. The molecule has 32 heavy (non-hydrogen) atoms. The number of hydrogen-bond acceptors (Lipinski definition) is 4. The maximum absolute atomic E-state index is 12.5. The lowest BCUT2D eigenvalue weighted by Crippen LogP contribution is -2.22. The Morgan fingerprint density at radius 2 is 1.53 bits per heavy atom. The molecule has 0 bridgehead atoms. The molecule has 1 unspecified atom stereocenters. The Morgan fingerprint density at radius 3 is 2.19 bits per heavy atom. The van der Waals surface area contributed by atoms with E-state index in [1.807, 2.05) is 0 Å². The molecular formula is C23H18Cl2N2O4S. The zero-order valence-electron chi connectivity index (χ0n) is 16.8. The van der Waals surface area contributed by atoms with Gasteiger partial charge in [-0.3, -0.25) is 9.59 Å². The molecule has 0 spiro atoms. The summed E-state index contributed by atoms with van der Waals surface area (Å²) >= 11 is 13.4. The second-order valence-corrected chi connectivity index (χ2v) is 8.88. The largest absolute Gasteiger partial charge is 0.478 e. The van der Waals surface area contributed by atoms with Crippen LogP contribution in [0.2, 0.25) is 10.0 Å². The first-order valence-corrected chi connectivity index (χ1v) is 11.0. The van der Waals surface area contributed by atoms with Crippen LogP contribution in [0.25, 0.3) is 0 Å². The van der Waals surface area contributed by atoms with E-state index in [2.05, 4.69) is 10.6 Å². The second kappa shape index (κ2) is 10.5. The van der Waals surface area contributed by atoms with Crippen molar-refractivity contribution < 1.29 is 19.5 Å². The Hall–Kier alpha value is -3.00. The van der Waals surface area contributed by atoms with Crippen molar-refractivity contribution in [3.8, 4) is 0 Å². The molecule has 9 heteroatoms. The zero-order chi connectivity index (χ0) is 23.3. The first-order chi connectivity index (χ1) is 15.3. The van der Waals surface area contributed by atoms with Crippen LogP contribution in [0.3, 0.4) is 0 Å². The van der Waals surface area contributed by atoms with Crippen LogP contribution in [-0.2, 0) is 4.79 Å². The number of amides is 2. The normalized spacial score (nSPS) is 11.5. The van der Waals surface area contributed by atoms with Crippen molar-refractivity contribution in [1.82, 2.24) is 0 Å². The minimum atomic E-state index is -1.17. The van der Waals surface area contributed by atoms with Crippen molar-refractivity contribution in [3.05, 3.63) is 87.9 Å². The van der Waals surface area contributed by atoms with E-state index in [1.165, 1.54) is 23.9 Å². The number of nitrogens with one attached hydrogen (secondary N) is 2. The quantitative estimate of drug-likeness (QED) is 0.351. The first-order valence-electron chi connectivity index (χ1n) is 9.41. The first kappa shape index (κ1) is 23.7. The SMILES string of the molecule is CC(Sc1ccc(NC(=O)c2ccccc2C(=O)O)cc1)C(=O)Nc1cccc(Cl)c1Cl. The van der Waals surface area contributed by atoms with Gasteiger partial charge in [0, 0.05) is 10.6 Å². The summed E-state index contributed by atoms with van der Waals surface area (Å²) < 4.78 is 0. The summed E-state index contributed by atoms with van der Waals surface area (Å²) in [6.07, 6.45) is 0. The summed E-state index contributed by atoms with van der Waals surface area (Å²) in [6, 6.07) is 17.9. The fourth-order valence-electron chi connectivity index (χ4n) is 2.78. The van der Waals surface area contributed by atoms with Gasteiger partial charge in [0.2, 0.25) is 5.91 Å². The molecule has 0 saturated heterocycles. The van der Waals surface area contributed by atoms with Crippen molar-refractivity contribution in [2.24, 2.45) is 0 Å². The molecular weight excluding hydrogens is 471 g/mol. The highest BCUT2D eigenvalue weighted by molar-refractivity contribution is 8.00. The van der Waals surface area contributed by atoms with Crippen LogP contribution >= 0.6 is 35.0 Å². The molecule has 0 fully saturated rings. The second-order valence-electron chi connectivity index (χ2n) is 6.68. The topological polar surface area (TPSA) is 95.5 Å². The Labute approximate surface area is 198 Å². The van der Waals surface area contributed by atoms with E-state index in [0.29, 0.717) is 16.4 Å². The van der Waals surface area contributed by atoms with Crippen LogP contribution in [0.5, 0.6) is 0 Å². The summed E-state index contributed by atoms with van der Waals surface area (Å²) in [5.74, 6) is -1.93. The van der Waals surface area contributed by atoms with Crippen LogP contribution in [-0.4, -0.2) is 28.1 Å². The lowest BCUT2D eigenvalue weighted by molar-refractivity contribution is -0.115. The molecule has 0 aromatic heterocycles. The third-order valence-electron chi connectivity index (χ3n) is 4.41. The lowest BCUT2D eigenvalue weighted by atomic mass is 10.1. The van der Waals surface area contributed by atoms with Gasteiger partial charge in [-0.2, -0.15) is 0 Å². The van der Waals surface area contributed by atoms with Gasteiger partial charge in [-0.25, -0.2) is 4.79 Å². The fraction of sp³-hybridized carbons (Fsp3) is 0.0870. The third kappa shape index (κ3) is 5.82. The average Bonchev–Trinajstić information content (AvgIpc) is 2.78. The molecule has 0 saturated carbocycles. The molecule has 0 aliphatic heterocycles. The lowest BCUT2D eigenvalue weighted by Gasteiger charge is -2.14. The van der Waals surface area contributed by atoms with Crippen LogP contribution in [0, 0.1) is 0 Å². The highest BCUT2D eigenvalue weighted by Crippen LogP contribution is 2.31. The summed E-state index contributed by atoms with van der Waals surface area (Å²) in [5, 5.41) is 14.9. The third-order valence-corrected chi connectivity index (χ3v) is 6.34. The van der Waals surface area contributed by atoms with Crippen molar-refractivity contribution in [2.45, 2.75) is 17.1 Å². The summed E-state index contributed by atoms with van der Waals surface area (Å²) in [6.45, 7) is 1.76. The van der Waals surface area contributed by atoms with Gasteiger partial charge in [-0.15, -0.1) is 11.8 Å². The zero-order valence-corrected chi connectivity index (χ0v) is 19.1. The van der Waals surface area contributed by atoms with Crippen molar-refractivity contribution in [3.63, 3.8) is 0 Å². The maximum Gasteiger partial charge on any atom is 0.336 e. The molecule has 0 heterocycles. The molecule has 3 N–H and O–H groups in total. The molecule has 0 radical (unpaired) electrons. The van der Waals surface area contributed by atoms with Crippen molar-refractivity contribution >= 4 is 64.1 Å². The monoisotopic (exact) mass is 488 g/mol. The van der Waals surface area contributed by atoms with Crippen LogP contribution in [0.4, 0.5) is 11.4 Å². The Bertz CT molecular complexity index is 1170. The maximum atomic E-state index is 12.5. The number of carbonyl (C=O) groups excluding carboxylic acids is 2.